The highest BCUT2D eigenvalue weighted by Crippen LogP contribution is 2.52. The van der Waals surface area contributed by atoms with Crippen LogP contribution in [-0.2, 0) is 5.41 Å². The first kappa shape index (κ1) is 30.8. The van der Waals surface area contributed by atoms with Gasteiger partial charge in [0.1, 0.15) is 22.3 Å². The Balaban J connectivity index is 1.19. The molecule has 54 heavy (non-hydrogen) atoms. The maximum Gasteiger partial charge on any atom is 0.143 e. The molecule has 0 spiro atoms. The average Bonchev–Trinajstić information content (AvgIpc) is 3.86. The lowest BCUT2D eigenvalue weighted by Crippen LogP contribution is -2.16. The molecule has 0 radical (unpaired) electrons. The number of benzene rings is 8. The summed E-state index contributed by atoms with van der Waals surface area (Å²) in [6.45, 7) is 4.69. The Morgan fingerprint density at radius 2 is 1.02 bits per heavy atom. The van der Waals surface area contributed by atoms with Gasteiger partial charge in [0.05, 0.1) is 0 Å². The van der Waals surface area contributed by atoms with Crippen molar-refractivity contribution in [3.63, 3.8) is 0 Å². The van der Waals surface area contributed by atoms with Crippen LogP contribution in [0, 0.1) is 0 Å². The standard InChI is InChI=1S/C51H35NO2/c1-51(2)43-19-11-9-17-38(43)39-26-25-36(31-44(39)51)52(35-15-7-4-8-16-35)37-29-41(34-23-21-33(22-24-34)32-13-5-3-6-14-32)50-42(30-37)49-47(54-50)28-27-46-48(49)40-18-10-12-20-45(40)53-46/h3-31H,1-2H3. The van der Waals surface area contributed by atoms with Crippen LogP contribution in [0.3, 0.4) is 0 Å². The summed E-state index contributed by atoms with van der Waals surface area (Å²) in [5.74, 6) is 0. The molecule has 0 saturated heterocycles. The van der Waals surface area contributed by atoms with Crippen LogP contribution < -0.4 is 4.90 Å². The van der Waals surface area contributed by atoms with E-state index in [1.54, 1.807) is 0 Å². The second-order valence-electron chi connectivity index (χ2n) is 14.9. The molecule has 1 aliphatic rings. The van der Waals surface area contributed by atoms with E-state index in [4.69, 9.17) is 8.83 Å². The van der Waals surface area contributed by atoms with E-state index in [1.165, 1.54) is 33.4 Å². The molecule has 0 fully saturated rings. The Bertz CT molecular complexity index is 3060. The van der Waals surface area contributed by atoms with Crippen LogP contribution in [0.5, 0.6) is 0 Å². The van der Waals surface area contributed by atoms with Crippen LogP contribution in [0.4, 0.5) is 17.1 Å². The fraction of sp³-hybridized carbons (Fsp3) is 0.0588. The number of hydrogen-bond donors (Lipinski definition) is 0. The third-order valence-corrected chi connectivity index (χ3v) is 11.5. The Morgan fingerprint density at radius 1 is 0.389 bits per heavy atom. The van der Waals surface area contributed by atoms with Crippen molar-refractivity contribution in [2.75, 3.05) is 4.90 Å². The predicted octanol–water partition coefficient (Wildman–Crippen LogP) is 14.6. The summed E-state index contributed by atoms with van der Waals surface area (Å²) in [7, 11) is 0. The highest BCUT2D eigenvalue weighted by atomic mass is 16.3. The van der Waals surface area contributed by atoms with Crippen LogP contribution in [0.2, 0.25) is 0 Å². The van der Waals surface area contributed by atoms with E-state index in [9.17, 15) is 0 Å². The molecule has 256 valence electrons. The van der Waals surface area contributed by atoms with Crippen LogP contribution in [0.25, 0.3) is 77.3 Å². The molecule has 3 heteroatoms. The Labute approximate surface area is 313 Å². The van der Waals surface area contributed by atoms with Gasteiger partial charge in [0.2, 0.25) is 0 Å². The highest BCUT2D eigenvalue weighted by Gasteiger charge is 2.36. The normalized spacial score (nSPS) is 13.1. The SMILES string of the molecule is CC1(C)c2ccccc2-c2ccc(N(c3ccccc3)c3cc(-c4ccc(-c5ccccc5)cc4)c4oc5ccc6oc7ccccc7c6c5c4c3)cc21. The summed E-state index contributed by atoms with van der Waals surface area (Å²) in [4.78, 5) is 2.40. The van der Waals surface area contributed by atoms with Gasteiger partial charge in [-0.1, -0.05) is 135 Å². The highest BCUT2D eigenvalue weighted by molar-refractivity contribution is 6.27. The zero-order valence-corrected chi connectivity index (χ0v) is 30.0. The van der Waals surface area contributed by atoms with Crippen LogP contribution in [0.15, 0.2) is 185 Å². The maximum atomic E-state index is 6.89. The van der Waals surface area contributed by atoms with Crippen molar-refractivity contribution >= 4 is 60.9 Å². The first-order valence-corrected chi connectivity index (χ1v) is 18.6. The van der Waals surface area contributed by atoms with Crippen molar-refractivity contribution in [1.29, 1.82) is 0 Å². The number of para-hydroxylation sites is 2. The summed E-state index contributed by atoms with van der Waals surface area (Å²) in [5, 5.41) is 4.28. The number of nitrogens with zero attached hydrogens (tertiary/aromatic N) is 1. The molecule has 2 aromatic heterocycles. The molecule has 0 unspecified atom stereocenters. The fourth-order valence-corrected chi connectivity index (χ4v) is 8.84. The molecule has 11 rings (SSSR count). The van der Waals surface area contributed by atoms with Crippen molar-refractivity contribution in [3.8, 4) is 33.4 Å². The number of rotatable bonds is 5. The van der Waals surface area contributed by atoms with E-state index < -0.39 is 0 Å². The zero-order valence-electron chi connectivity index (χ0n) is 30.0. The van der Waals surface area contributed by atoms with E-state index in [1.807, 2.05) is 18.2 Å². The molecule has 1 aliphatic carbocycles. The van der Waals surface area contributed by atoms with Crippen molar-refractivity contribution in [2.45, 2.75) is 19.3 Å². The molecule has 10 aromatic rings. The lowest BCUT2D eigenvalue weighted by molar-refractivity contribution is 0.660. The number of fused-ring (bicyclic) bond motifs is 10. The maximum absolute atomic E-state index is 6.89. The first-order chi connectivity index (χ1) is 26.5. The molecule has 0 bridgehead atoms. The van der Waals surface area contributed by atoms with Gasteiger partial charge in [0.15, 0.2) is 0 Å². The molecule has 0 amide bonds. The Kier molecular flexibility index (Phi) is 6.60. The van der Waals surface area contributed by atoms with E-state index in [-0.39, 0.29) is 5.41 Å². The van der Waals surface area contributed by atoms with Gasteiger partial charge < -0.3 is 13.7 Å². The van der Waals surface area contributed by atoms with Gasteiger partial charge in [-0.05, 0) is 93.5 Å². The van der Waals surface area contributed by atoms with Crippen molar-refractivity contribution in [3.05, 3.63) is 187 Å². The van der Waals surface area contributed by atoms with Crippen molar-refractivity contribution in [1.82, 2.24) is 0 Å². The van der Waals surface area contributed by atoms with E-state index in [2.05, 4.69) is 176 Å². The summed E-state index contributed by atoms with van der Waals surface area (Å²) >= 11 is 0. The number of furan rings is 2. The molecular formula is C51H35NO2. The van der Waals surface area contributed by atoms with Gasteiger partial charge in [-0.15, -0.1) is 0 Å². The quantitative estimate of drug-likeness (QED) is 0.180. The number of anilines is 3. The van der Waals surface area contributed by atoms with E-state index >= 15 is 0 Å². The first-order valence-electron chi connectivity index (χ1n) is 18.6. The van der Waals surface area contributed by atoms with Gasteiger partial charge in [-0.2, -0.15) is 0 Å². The molecule has 8 aromatic carbocycles. The zero-order chi connectivity index (χ0) is 36.0. The minimum atomic E-state index is -0.130. The molecular weight excluding hydrogens is 659 g/mol. The van der Waals surface area contributed by atoms with Gasteiger partial charge in [0.25, 0.3) is 0 Å². The van der Waals surface area contributed by atoms with E-state index in [0.717, 1.165) is 72.1 Å². The second kappa shape index (κ2) is 11.6. The summed E-state index contributed by atoms with van der Waals surface area (Å²) < 4.78 is 13.3. The largest absolute Gasteiger partial charge is 0.456 e. The molecule has 0 atom stereocenters. The lowest BCUT2D eigenvalue weighted by atomic mass is 9.82. The third kappa shape index (κ3) is 4.55. The summed E-state index contributed by atoms with van der Waals surface area (Å²) in [5.41, 5.74) is 16.4. The second-order valence-corrected chi connectivity index (χ2v) is 14.9. The molecule has 0 aliphatic heterocycles. The molecule has 0 saturated carbocycles. The molecule has 0 N–H and O–H groups in total. The minimum absolute atomic E-state index is 0.130. The van der Waals surface area contributed by atoms with Crippen molar-refractivity contribution in [2.24, 2.45) is 0 Å². The predicted molar refractivity (Wildman–Crippen MR) is 224 cm³/mol. The molecule has 3 nitrogen and oxygen atoms in total. The topological polar surface area (TPSA) is 29.5 Å². The monoisotopic (exact) mass is 693 g/mol. The smallest absolute Gasteiger partial charge is 0.143 e. The van der Waals surface area contributed by atoms with Gasteiger partial charge >= 0.3 is 0 Å². The third-order valence-electron chi connectivity index (χ3n) is 11.5. The molecule has 2 heterocycles. The van der Waals surface area contributed by atoms with Crippen LogP contribution in [-0.4, -0.2) is 0 Å². The summed E-state index contributed by atoms with van der Waals surface area (Å²) in [6, 6.07) is 62.9. The van der Waals surface area contributed by atoms with Crippen LogP contribution in [0.1, 0.15) is 25.0 Å². The van der Waals surface area contributed by atoms with Gasteiger partial charge in [-0.3, -0.25) is 0 Å². The number of hydrogen-bond acceptors (Lipinski definition) is 3. The fourth-order valence-electron chi connectivity index (χ4n) is 8.84. The van der Waals surface area contributed by atoms with Crippen molar-refractivity contribution < 1.29 is 8.83 Å². The Morgan fingerprint density at radius 3 is 1.83 bits per heavy atom. The average molecular weight is 694 g/mol. The summed E-state index contributed by atoms with van der Waals surface area (Å²) in [6.07, 6.45) is 0. The van der Waals surface area contributed by atoms with Gasteiger partial charge in [0, 0.05) is 49.6 Å². The lowest BCUT2D eigenvalue weighted by Gasteiger charge is -2.28. The van der Waals surface area contributed by atoms with Gasteiger partial charge in [-0.25, -0.2) is 0 Å². The van der Waals surface area contributed by atoms with E-state index in [0.29, 0.717) is 0 Å². The minimum Gasteiger partial charge on any atom is -0.456 e. The van der Waals surface area contributed by atoms with Crippen LogP contribution >= 0.6 is 0 Å². The Hall–Kier alpha value is -6.84.